The van der Waals surface area contributed by atoms with E-state index in [9.17, 15) is 9.59 Å². The molecule has 0 saturated heterocycles. The lowest BCUT2D eigenvalue weighted by Gasteiger charge is -2.12. The molecule has 0 atom stereocenters. The third-order valence-electron chi connectivity index (χ3n) is 5.02. The molecule has 4 aromatic rings. The van der Waals surface area contributed by atoms with Crippen molar-refractivity contribution < 1.29 is 4.79 Å². The van der Waals surface area contributed by atoms with Gasteiger partial charge in [-0.1, -0.05) is 29.7 Å². The van der Waals surface area contributed by atoms with Gasteiger partial charge < -0.3 is 4.57 Å². The van der Waals surface area contributed by atoms with Crippen molar-refractivity contribution in [1.82, 2.24) is 4.57 Å². The number of halogens is 2. The lowest BCUT2D eigenvalue weighted by molar-refractivity contribution is 0.103. The van der Waals surface area contributed by atoms with Gasteiger partial charge in [0.25, 0.3) is 5.56 Å². The molecule has 0 aliphatic carbocycles. The van der Waals surface area contributed by atoms with Gasteiger partial charge in [0.1, 0.15) is 0 Å². The number of aryl methyl sites for hydroxylation is 1. The van der Waals surface area contributed by atoms with Gasteiger partial charge in [0.15, 0.2) is 5.78 Å². The molecule has 31 heavy (non-hydrogen) atoms. The van der Waals surface area contributed by atoms with Crippen LogP contribution in [-0.4, -0.2) is 10.4 Å². The first-order valence-electron chi connectivity index (χ1n) is 9.31. The number of fused-ring (bicyclic) bond motifs is 1. The summed E-state index contributed by atoms with van der Waals surface area (Å²) < 4.78 is 1.59. The van der Waals surface area contributed by atoms with Crippen LogP contribution in [-0.2, 0) is 7.05 Å². The van der Waals surface area contributed by atoms with Crippen molar-refractivity contribution in [2.24, 2.45) is 7.05 Å². The Morgan fingerprint density at radius 1 is 1.00 bits per heavy atom. The molecule has 4 rings (SSSR count). The molecule has 0 radical (unpaired) electrons. The number of nitrogens with zero attached hydrogens (tertiary/aromatic N) is 1. The summed E-state index contributed by atoms with van der Waals surface area (Å²) in [5.41, 5.74) is 4.27. The number of benzene rings is 3. The fourth-order valence-electron chi connectivity index (χ4n) is 3.45. The van der Waals surface area contributed by atoms with Crippen LogP contribution < -0.4 is 5.56 Å². The highest BCUT2D eigenvalue weighted by atomic mass is 127. The Bertz CT molecular complexity index is 1430. The maximum Gasteiger partial charge on any atom is 0.251 e. The zero-order valence-electron chi connectivity index (χ0n) is 16.4. The van der Waals surface area contributed by atoms with Gasteiger partial charge in [0, 0.05) is 61.4 Å². The number of aromatic nitrogens is 1. The molecule has 0 aliphatic heterocycles. The van der Waals surface area contributed by atoms with Crippen LogP contribution in [0.4, 0.5) is 0 Å². The molecule has 0 amide bonds. The standard InChI is InChI=1S/C25H15ClINO2S/c1-28-23-10-7-19(25(30)17-5-8-20(26)9-6-17)14-22(23)21(15-24(28)29)18-4-2-3-16(13-18)11-12-31-27/h2-10,13-15H,1H3. The predicted molar refractivity (Wildman–Crippen MR) is 138 cm³/mol. The van der Waals surface area contributed by atoms with Crippen molar-refractivity contribution in [3.05, 3.63) is 105 Å². The quantitative estimate of drug-likeness (QED) is 0.165. The summed E-state index contributed by atoms with van der Waals surface area (Å²) in [6.45, 7) is 0. The van der Waals surface area contributed by atoms with Crippen LogP contribution in [0.15, 0.2) is 77.6 Å². The molecular formula is C25H15ClINO2S. The Hall–Kier alpha value is -2.53. The van der Waals surface area contributed by atoms with Crippen molar-refractivity contribution >= 4 is 58.4 Å². The molecule has 3 aromatic carbocycles. The van der Waals surface area contributed by atoms with Crippen molar-refractivity contribution in [2.45, 2.75) is 0 Å². The Balaban J connectivity index is 1.90. The van der Waals surface area contributed by atoms with Gasteiger partial charge in [-0.25, -0.2) is 0 Å². The molecule has 0 aliphatic rings. The van der Waals surface area contributed by atoms with E-state index in [1.165, 1.54) is 8.93 Å². The van der Waals surface area contributed by atoms with Crippen LogP contribution in [0.1, 0.15) is 21.5 Å². The summed E-state index contributed by atoms with van der Waals surface area (Å²) in [6.07, 6.45) is 0. The van der Waals surface area contributed by atoms with E-state index in [1.54, 1.807) is 48.0 Å². The highest BCUT2D eigenvalue weighted by Crippen LogP contribution is 2.29. The Labute approximate surface area is 201 Å². The van der Waals surface area contributed by atoms with Crippen molar-refractivity contribution in [1.29, 1.82) is 0 Å². The molecule has 152 valence electrons. The minimum atomic E-state index is -0.112. The van der Waals surface area contributed by atoms with E-state index in [2.05, 4.69) is 32.4 Å². The summed E-state index contributed by atoms with van der Waals surface area (Å²) in [4.78, 5) is 25.6. The number of rotatable bonds is 3. The summed E-state index contributed by atoms with van der Waals surface area (Å²) in [5.74, 6) is 2.99. The fraction of sp³-hybridized carbons (Fsp3) is 0.0400. The van der Waals surface area contributed by atoms with Crippen molar-refractivity contribution in [2.75, 3.05) is 0 Å². The predicted octanol–water partition coefficient (Wildman–Crippen LogP) is 6.48. The topological polar surface area (TPSA) is 39.1 Å². The second kappa shape index (κ2) is 9.31. The van der Waals surface area contributed by atoms with Gasteiger partial charge in [-0.15, -0.1) is 0 Å². The summed E-state index contributed by atoms with van der Waals surface area (Å²) in [5, 5.41) is 4.39. The second-order valence-corrected chi connectivity index (χ2v) is 9.02. The van der Waals surface area contributed by atoms with E-state index in [1.807, 2.05) is 36.4 Å². The molecule has 0 spiro atoms. The first-order valence-corrected chi connectivity index (χ1v) is 13.0. The molecule has 0 fully saturated rings. The van der Waals surface area contributed by atoms with Gasteiger partial charge in [-0.2, -0.15) is 0 Å². The summed E-state index contributed by atoms with van der Waals surface area (Å²) in [6, 6.07) is 21.6. The zero-order chi connectivity index (χ0) is 22.0. The molecule has 6 heteroatoms. The molecule has 0 bridgehead atoms. The number of hydrogen-bond donors (Lipinski definition) is 0. The monoisotopic (exact) mass is 555 g/mol. The van der Waals surface area contributed by atoms with E-state index >= 15 is 0 Å². The highest BCUT2D eigenvalue weighted by molar-refractivity contribution is 14.2. The first-order chi connectivity index (χ1) is 15.0. The van der Waals surface area contributed by atoms with E-state index in [-0.39, 0.29) is 11.3 Å². The van der Waals surface area contributed by atoms with Crippen molar-refractivity contribution in [3.63, 3.8) is 0 Å². The third kappa shape index (κ3) is 4.57. The molecule has 0 N–H and O–H groups in total. The molecule has 0 unspecified atom stereocenters. The fourth-order valence-corrected chi connectivity index (χ4v) is 4.06. The van der Waals surface area contributed by atoms with E-state index in [0.29, 0.717) is 16.1 Å². The number of hydrogen-bond acceptors (Lipinski definition) is 3. The van der Waals surface area contributed by atoms with Crippen LogP contribution in [0, 0.1) is 11.2 Å². The SMILES string of the molecule is Cn1c(=O)cc(-c2cccc(C#CSI)c2)c2cc(C(=O)c3ccc(Cl)cc3)ccc21. The summed E-state index contributed by atoms with van der Waals surface area (Å²) in [7, 11) is 3.15. The zero-order valence-corrected chi connectivity index (χ0v) is 20.1. The van der Waals surface area contributed by atoms with Gasteiger partial charge in [0.2, 0.25) is 0 Å². The number of carbonyl (C=O) groups excluding carboxylic acids is 1. The van der Waals surface area contributed by atoms with Crippen LogP contribution in [0.2, 0.25) is 5.02 Å². The lowest BCUT2D eigenvalue weighted by Crippen LogP contribution is -2.16. The molecule has 1 heterocycles. The van der Waals surface area contributed by atoms with Crippen LogP contribution >= 0.6 is 41.7 Å². The maximum absolute atomic E-state index is 13.0. The summed E-state index contributed by atoms with van der Waals surface area (Å²) >= 11 is 8.08. The van der Waals surface area contributed by atoms with E-state index < -0.39 is 0 Å². The minimum absolute atomic E-state index is 0.0999. The van der Waals surface area contributed by atoms with Gasteiger partial charge in [-0.05, 0) is 79.9 Å². The normalized spacial score (nSPS) is 10.5. The number of pyridine rings is 1. The molecule has 1 aromatic heterocycles. The first kappa shape index (κ1) is 21.7. The molecule has 3 nitrogen and oxygen atoms in total. The van der Waals surface area contributed by atoms with Crippen molar-refractivity contribution in [3.8, 4) is 22.3 Å². The Morgan fingerprint density at radius 2 is 1.74 bits per heavy atom. The number of ketones is 1. The maximum atomic E-state index is 13.0. The largest absolute Gasteiger partial charge is 0.311 e. The molecular weight excluding hydrogens is 541 g/mol. The smallest absolute Gasteiger partial charge is 0.251 e. The van der Waals surface area contributed by atoms with Crippen LogP contribution in [0.25, 0.3) is 22.0 Å². The number of carbonyl (C=O) groups is 1. The third-order valence-corrected chi connectivity index (χ3v) is 6.11. The van der Waals surface area contributed by atoms with Crippen LogP contribution in [0.5, 0.6) is 0 Å². The lowest BCUT2D eigenvalue weighted by atomic mass is 9.96. The molecule has 0 saturated carbocycles. The van der Waals surface area contributed by atoms with Gasteiger partial charge in [-0.3, -0.25) is 9.59 Å². The Morgan fingerprint density at radius 3 is 2.48 bits per heavy atom. The van der Waals surface area contributed by atoms with E-state index in [0.717, 1.165) is 27.6 Å². The second-order valence-electron chi connectivity index (χ2n) is 6.91. The minimum Gasteiger partial charge on any atom is -0.311 e. The van der Waals surface area contributed by atoms with E-state index in [4.69, 9.17) is 11.6 Å². The van der Waals surface area contributed by atoms with Crippen LogP contribution in [0.3, 0.4) is 0 Å². The van der Waals surface area contributed by atoms with Gasteiger partial charge in [0.05, 0.1) is 5.52 Å². The highest BCUT2D eigenvalue weighted by Gasteiger charge is 2.14. The average Bonchev–Trinajstić information content (AvgIpc) is 2.80. The van der Waals surface area contributed by atoms with Gasteiger partial charge >= 0.3 is 0 Å². The average molecular weight is 556 g/mol. The Kier molecular flexibility index (Phi) is 6.51.